The largest absolute Gasteiger partial charge is 0.337 e. The van der Waals surface area contributed by atoms with Crippen molar-refractivity contribution in [3.05, 3.63) is 33.6 Å². The number of thioether (sulfide) groups is 1. The zero-order valence-corrected chi connectivity index (χ0v) is 13.4. The van der Waals surface area contributed by atoms with Gasteiger partial charge < -0.3 is 9.84 Å². The van der Waals surface area contributed by atoms with Crippen LogP contribution < -0.4 is 5.32 Å². The van der Waals surface area contributed by atoms with E-state index in [-0.39, 0.29) is 6.04 Å². The fourth-order valence-corrected chi connectivity index (χ4v) is 4.11. The first-order valence-corrected chi connectivity index (χ1v) is 8.97. The van der Waals surface area contributed by atoms with Crippen molar-refractivity contribution in [1.29, 1.82) is 0 Å². The van der Waals surface area contributed by atoms with Crippen LogP contribution in [0.4, 0.5) is 0 Å². The summed E-state index contributed by atoms with van der Waals surface area (Å²) in [6, 6.07) is 2.23. The third kappa shape index (κ3) is 3.07. The first kappa shape index (κ1) is 14.1. The van der Waals surface area contributed by atoms with Crippen molar-refractivity contribution in [3.63, 3.8) is 0 Å². The van der Waals surface area contributed by atoms with E-state index in [1.807, 2.05) is 23.1 Å². The summed E-state index contributed by atoms with van der Waals surface area (Å²) in [5.74, 6) is 4.14. The molecule has 2 aromatic heterocycles. The van der Waals surface area contributed by atoms with Crippen LogP contribution in [0.3, 0.4) is 0 Å². The Kier molecular flexibility index (Phi) is 4.43. The Morgan fingerprint density at radius 2 is 2.45 bits per heavy atom. The van der Waals surface area contributed by atoms with Crippen LogP contribution in [0.25, 0.3) is 0 Å². The van der Waals surface area contributed by atoms with E-state index in [1.54, 1.807) is 0 Å². The fraction of sp³-hybridized carbons (Fsp3) is 0.571. The second kappa shape index (κ2) is 6.28. The Morgan fingerprint density at radius 3 is 3.30 bits per heavy atom. The van der Waals surface area contributed by atoms with Gasteiger partial charge in [0.25, 0.3) is 0 Å². The summed E-state index contributed by atoms with van der Waals surface area (Å²) in [7, 11) is 0. The average molecular weight is 309 g/mol. The van der Waals surface area contributed by atoms with Gasteiger partial charge in [0.15, 0.2) is 5.82 Å². The van der Waals surface area contributed by atoms with Crippen LogP contribution in [0.2, 0.25) is 0 Å². The smallest absolute Gasteiger partial charge is 0.248 e. The Bertz CT molecular complexity index is 564. The van der Waals surface area contributed by atoms with E-state index in [9.17, 15) is 0 Å². The first-order valence-electron chi connectivity index (χ1n) is 6.94. The standard InChI is InChI=1S/C14H19N3OS2/c1-9(2)7-19-8-12-16-14(18-17-12)13-10-4-6-20-11(10)3-5-15-13/h4,6,9,13,15H,3,5,7-8H2,1-2H3. The van der Waals surface area contributed by atoms with Crippen LogP contribution in [0.5, 0.6) is 0 Å². The monoisotopic (exact) mass is 309 g/mol. The Hall–Kier alpha value is -0.850. The highest BCUT2D eigenvalue weighted by molar-refractivity contribution is 7.98. The molecule has 0 saturated heterocycles. The molecule has 0 saturated carbocycles. The lowest BCUT2D eigenvalue weighted by Gasteiger charge is -2.20. The number of nitrogens with one attached hydrogen (secondary N) is 1. The number of thiophene rings is 1. The predicted octanol–water partition coefficient (Wildman–Crippen LogP) is 3.26. The third-order valence-electron chi connectivity index (χ3n) is 3.20. The number of hydrogen-bond donors (Lipinski definition) is 1. The average Bonchev–Trinajstić information content (AvgIpc) is 3.06. The molecule has 0 fully saturated rings. The van der Waals surface area contributed by atoms with Gasteiger partial charge in [-0.2, -0.15) is 16.7 Å². The fourth-order valence-electron chi connectivity index (χ4n) is 2.30. The van der Waals surface area contributed by atoms with E-state index in [0.29, 0.717) is 11.8 Å². The van der Waals surface area contributed by atoms with Crippen molar-refractivity contribution in [2.24, 2.45) is 5.92 Å². The minimum Gasteiger partial charge on any atom is -0.337 e. The molecule has 6 heteroatoms. The maximum atomic E-state index is 5.46. The molecule has 4 nitrogen and oxygen atoms in total. The van der Waals surface area contributed by atoms with E-state index in [1.165, 1.54) is 10.4 Å². The highest BCUT2D eigenvalue weighted by atomic mass is 32.2. The van der Waals surface area contributed by atoms with Crippen LogP contribution in [0.1, 0.15) is 42.0 Å². The van der Waals surface area contributed by atoms with E-state index in [0.717, 1.165) is 30.3 Å². The minimum atomic E-state index is 0.0707. The highest BCUT2D eigenvalue weighted by Gasteiger charge is 2.26. The van der Waals surface area contributed by atoms with E-state index in [4.69, 9.17) is 4.52 Å². The Morgan fingerprint density at radius 1 is 1.55 bits per heavy atom. The maximum Gasteiger partial charge on any atom is 0.248 e. The normalized spacial score (nSPS) is 18.4. The quantitative estimate of drug-likeness (QED) is 0.919. The summed E-state index contributed by atoms with van der Waals surface area (Å²) in [5, 5.41) is 9.71. The zero-order chi connectivity index (χ0) is 13.9. The lowest BCUT2D eigenvalue weighted by Crippen LogP contribution is -2.29. The molecule has 1 N–H and O–H groups in total. The van der Waals surface area contributed by atoms with Crippen LogP contribution in [0.15, 0.2) is 16.0 Å². The van der Waals surface area contributed by atoms with Crippen molar-refractivity contribution in [1.82, 2.24) is 15.5 Å². The lowest BCUT2D eigenvalue weighted by atomic mass is 10.0. The van der Waals surface area contributed by atoms with Crippen LogP contribution in [-0.4, -0.2) is 22.4 Å². The molecule has 1 aliphatic rings. The molecule has 108 valence electrons. The van der Waals surface area contributed by atoms with E-state index >= 15 is 0 Å². The SMILES string of the molecule is CC(C)CSCc1noc(C2NCCc3sccc32)n1. The Balaban J connectivity index is 1.69. The van der Waals surface area contributed by atoms with Crippen LogP contribution in [0, 0.1) is 5.92 Å². The second-order valence-corrected chi connectivity index (χ2v) is 7.42. The summed E-state index contributed by atoms with van der Waals surface area (Å²) in [6.07, 6.45) is 1.09. The predicted molar refractivity (Wildman–Crippen MR) is 83.2 cm³/mol. The minimum absolute atomic E-state index is 0.0707. The Labute approximate surface area is 127 Å². The van der Waals surface area contributed by atoms with Gasteiger partial charge in [0.1, 0.15) is 6.04 Å². The molecule has 3 rings (SSSR count). The van der Waals surface area contributed by atoms with Crippen molar-refractivity contribution in [2.45, 2.75) is 32.1 Å². The lowest BCUT2D eigenvalue weighted by molar-refractivity contribution is 0.342. The first-order chi connectivity index (χ1) is 9.74. The summed E-state index contributed by atoms with van der Waals surface area (Å²) in [5.41, 5.74) is 1.30. The van der Waals surface area contributed by atoms with Crippen molar-refractivity contribution in [2.75, 3.05) is 12.3 Å². The molecule has 0 aromatic carbocycles. The van der Waals surface area contributed by atoms with Crippen LogP contribution in [-0.2, 0) is 12.2 Å². The third-order valence-corrected chi connectivity index (χ3v) is 5.57. The van der Waals surface area contributed by atoms with Gasteiger partial charge in [-0.15, -0.1) is 11.3 Å². The van der Waals surface area contributed by atoms with E-state index < -0.39 is 0 Å². The van der Waals surface area contributed by atoms with Gasteiger partial charge in [0.05, 0.1) is 5.75 Å². The molecular formula is C14H19N3OS2. The van der Waals surface area contributed by atoms with E-state index in [2.05, 4.69) is 40.8 Å². The van der Waals surface area contributed by atoms with Gasteiger partial charge in [0.2, 0.25) is 5.89 Å². The summed E-state index contributed by atoms with van der Waals surface area (Å²) >= 11 is 3.67. The molecule has 1 aliphatic heterocycles. The number of aromatic nitrogens is 2. The van der Waals surface area contributed by atoms with Crippen molar-refractivity contribution in [3.8, 4) is 0 Å². The van der Waals surface area contributed by atoms with Gasteiger partial charge in [-0.3, -0.25) is 0 Å². The number of hydrogen-bond acceptors (Lipinski definition) is 6. The molecule has 0 amide bonds. The molecule has 1 atom stereocenters. The zero-order valence-electron chi connectivity index (χ0n) is 11.8. The molecule has 3 heterocycles. The molecular weight excluding hydrogens is 290 g/mol. The summed E-state index contributed by atoms with van der Waals surface area (Å²) in [6.45, 7) is 5.41. The number of fused-ring (bicyclic) bond motifs is 1. The van der Waals surface area contributed by atoms with Gasteiger partial charge in [-0.25, -0.2) is 0 Å². The molecule has 20 heavy (non-hydrogen) atoms. The van der Waals surface area contributed by atoms with Crippen LogP contribution >= 0.6 is 23.1 Å². The van der Waals surface area contributed by atoms with Crippen molar-refractivity contribution >= 4 is 23.1 Å². The number of nitrogens with zero attached hydrogens (tertiary/aromatic N) is 2. The van der Waals surface area contributed by atoms with Gasteiger partial charge in [-0.1, -0.05) is 19.0 Å². The van der Waals surface area contributed by atoms with Gasteiger partial charge in [0, 0.05) is 11.4 Å². The van der Waals surface area contributed by atoms with Gasteiger partial charge in [-0.05, 0) is 35.1 Å². The molecule has 0 bridgehead atoms. The molecule has 2 aromatic rings. The van der Waals surface area contributed by atoms with Crippen molar-refractivity contribution < 1.29 is 4.52 Å². The molecule has 0 spiro atoms. The summed E-state index contributed by atoms with van der Waals surface area (Å²) in [4.78, 5) is 5.99. The number of rotatable bonds is 5. The molecule has 0 aliphatic carbocycles. The molecule has 1 unspecified atom stereocenters. The van der Waals surface area contributed by atoms with Gasteiger partial charge >= 0.3 is 0 Å². The topological polar surface area (TPSA) is 51.0 Å². The molecule has 0 radical (unpaired) electrons. The summed E-state index contributed by atoms with van der Waals surface area (Å²) < 4.78 is 5.46. The highest BCUT2D eigenvalue weighted by Crippen LogP contribution is 2.31. The maximum absolute atomic E-state index is 5.46. The second-order valence-electron chi connectivity index (χ2n) is 5.39.